The normalized spacial score (nSPS) is 12.0. The van der Waals surface area contributed by atoms with Crippen LogP contribution in [0.3, 0.4) is 0 Å². The number of rotatable bonds is 5. The fourth-order valence-electron chi connectivity index (χ4n) is 1.99. The molecule has 1 aromatic heterocycles. The predicted octanol–water partition coefficient (Wildman–Crippen LogP) is 2.70. The Kier molecular flexibility index (Phi) is 5.08. The molecule has 0 aliphatic carbocycles. The van der Waals surface area contributed by atoms with Crippen molar-refractivity contribution in [1.29, 1.82) is 0 Å². The van der Waals surface area contributed by atoms with Gasteiger partial charge in [-0.15, -0.1) is 0 Å². The molecule has 0 spiro atoms. The van der Waals surface area contributed by atoms with Crippen LogP contribution in [0, 0.1) is 5.82 Å². The molecule has 2 rings (SSSR count). The summed E-state index contributed by atoms with van der Waals surface area (Å²) in [5.74, 6) is 0.283. The largest absolute Gasteiger partial charge is 0.480 e. The molecule has 2 aromatic rings. The standard InChI is InChI=1S/C14H15BrFN3O2/c1-17-12(9-6-8(15)4-5-10(9)16)13-14(21-3)19-11(20-2)7-18-13/h4-7,12,17H,1-3H3. The van der Waals surface area contributed by atoms with Gasteiger partial charge in [0, 0.05) is 10.0 Å². The summed E-state index contributed by atoms with van der Waals surface area (Å²) in [5, 5.41) is 3.03. The summed E-state index contributed by atoms with van der Waals surface area (Å²) in [6, 6.07) is 4.24. The number of halogens is 2. The Balaban J connectivity index is 2.53. The maximum Gasteiger partial charge on any atom is 0.240 e. The summed E-state index contributed by atoms with van der Waals surface area (Å²) in [4.78, 5) is 8.46. The molecule has 112 valence electrons. The summed E-state index contributed by atoms with van der Waals surface area (Å²) >= 11 is 3.34. The van der Waals surface area contributed by atoms with E-state index in [2.05, 4.69) is 31.2 Å². The fraction of sp³-hybridized carbons (Fsp3) is 0.286. The Morgan fingerprint density at radius 1 is 1.29 bits per heavy atom. The number of nitrogens with one attached hydrogen (secondary N) is 1. The number of benzene rings is 1. The molecule has 21 heavy (non-hydrogen) atoms. The molecule has 0 aliphatic heterocycles. The lowest BCUT2D eigenvalue weighted by molar-refractivity contribution is 0.353. The first kappa shape index (κ1) is 15.7. The Morgan fingerprint density at radius 3 is 2.67 bits per heavy atom. The van der Waals surface area contributed by atoms with Crippen LogP contribution in [0.15, 0.2) is 28.9 Å². The molecule has 0 saturated carbocycles. The van der Waals surface area contributed by atoms with E-state index in [0.717, 1.165) is 4.47 Å². The van der Waals surface area contributed by atoms with Gasteiger partial charge in [0.2, 0.25) is 11.8 Å². The minimum Gasteiger partial charge on any atom is -0.480 e. The molecule has 7 heteroatoms. The van der Waals surface area contributed by atoms with Crippen LogP contribution in [0.1, 0.15) is 17.3 Å². The van der Waals surface area contributed by atoms with E-state index in [1.807, 2.05) is 0 Å². The number of aromatic nitrogens is 2. The average Bonchev–Trinajstić information content (AvgIpc) is 2.51. The van der Waals surface area contributed by atoms with Crippen LogP contribution >= 0.6 is 15.9 Å². The highest BCUT2D eigenvalue weighted by Crippen LogP contribution is 2.30. The molecular weight excluding hydrogens is 341 g/mol. The van der Waals surface area contributed by atoms with Crippen LogP contribution in [0.25, 0.3) is 0 Å². The van der Waals surface area contributed by atoms with Gasteiger partial charge in [-0.25, -0.2) is 9.37 Å². The molecule has 0 saturated heterocycles. The maximum atomic E-state index is 14.1. The SMILES string of the molecule is CNC(c1cc(Br)ccc1F)c1ncc(OC)nc1OC. The lowest BCUT2D eigenvalue weighted by Crippen LogP contribution is -2.21. The van der Waals surface area contributed by atoms with Crippen LogP contribution < -0.4 is 14.8 Å². The summed E-state index contributed by atoms with van der Waals surface area (Å²) in [6.45, 7) is 0. The molecule has 0 bridgehead atoms. The van der Waals surface area contributed by atoms with Crippen molar-refractivity contribution >= 4 is 15.9 Å². The van der Waals surface area contributed by atoms with Crippen molar-refractivity contribution in [1.82, 2.24) is 15.3 Å². The fourth-order valence-corrected chi connectivity index (χ4v) is 2.37. The first-order valence-corrected chi connectivity index (χ1v) is 6.97. The maximum absolute atomic E-state index is 14.1. The van der Waals surface area contributed by atoms with E-state index in [1.54, 1.807) is 19.2 Å². The van der Waals surface area contributed by atoms with E-state index < -0.39 is 6.04 Å². The molecule has 1 aromatic carbocycles. The van der Waals surface area contributed by atoms with Crippen molar-refractivity contribution in [3.05, 3.63) is 45.9 Å². The van der Waals surface area contributed by atoms with E-state index in [4.69, 9.17) is 9.47 Å². The van der Waals surface area contributed by atoms with Crippen molar-refractivity contribution in [2.75, 3.05) is 21.3 Å². The second-order valence-corrected chi connectivity index (χ2v) is 5.11. The van der Waals surface area contributed by atoms with Crippen LogP contribution in [-0.2, 0) is 0 Å². The summed E-state index contributed by atoms with van der Waals surface area (Å²) < 4.78 is 25.1. The molecule has 0 fully saturated rings. The predicted molar refractivity (Wildman–Crippen MR) is 80.1 cm³/mol. The van der Waals surface area contributed by atoms with Crippen molar-refractivity contribution in [3.8, 4) is 11.8 Å². The molecule has 0 radical (unpaired) electrons. The highest BCUT2D eigenvalue weighted by molar-refractivity contribution is 9.10. The minimum atomic E-state index is -0.490. The summed E-state index contributed by atoms with van der Waals surface area (Å²) in [7, 11) is 4.69. The van der Waals surface area contributed by atoms with Crippen LogP contribution in [0.5, 0.6) is 11.8 Å². The van der Waals surface area contributed by atoms with Gasteiger partial charge in [-0.05, 0) is 25.2 Å². The first-order chi connectivity index (χ1) is 10.1. The number of hydrogen-bond donors (Lipinski definition) is 1. The zero-order valence-corrected chi connectivity index (χ0v) is 13.4. The zero-order chi connectivity index (χ0) is 15.4. The zero-order valence-electron chi connectivity index (χ0n) is 11.9. The molecular formula is C14H15BrFN3O2. The van der Waals surface area contributed by atoms with E-state index in [-0.39, 0.29) is 11.7 Å². The average molecular weight is 356 g/mol. The highest BCUT2D eigenvalue weighted by Gasteiger charge is 2.23. The second kappa shape index (κ2) is 6.82. The molecule has 1 heterocycles. The van der Waals surface area contributed by atoms with Gasteiger partial charge in [0.05, 0.1) is 26.5 Å². The number of ether oxygens (including phenoxy) is 2. The molecule has 0 aliphatic rings. The third-order valence-electron chi connectivity index (χ3n) is 2.98. The molecule has 1 unspecified atom stereocenters. The van der Waals surface area contributed by atoms with Gasteiger partial charge < -0.3 is 14.8 Å². The Bertz CT molecular complexity index is 640. The topological polar surface area (TPSA) is 56.3 Å². The van der Waals surface area contributed by atoms with Gasteiger partial charge in [0.1, 0.15) is 11.5 Å². The van der Waals surface area contributed by atoms with Crippen molar-refractivity contribution < 1.29 is 13.9 Å². The van der Waals surface area contributed by atoms with Crippen molar-refractivity contribution in [2.45, 2.75) is 6.04 Å². The van der Waals surface area contributed by atoms with E-state index >= 15 is 0 Å². The van der Waals surface area contributed by atoms with Gasteiger partial charge in [-0.3, -0.25) is 0 Å². The van der Waals surface area contributed by atoms with E-state index in [9.17, 15) is 4.39 Å². The lowest BCUT2D eigenvalue weighted by atomic mass is 10.0. The summed E-state index contributed by atoms with van der Waals surface area (Å²) in [6.07, 6.45) is 1.47. The number of methoxy groups -OCH3 is 2. The third-order valence-corrected chi connectivity index (χ3v) is 3.47. The second-order valence-electron chi connectivity index (χ2n) is 4.19. The van der Waals surface area contributed by atoms with Crippen molar-refractivity contribution in [3.63, 3.8) is 0 Å². The molecule has 0 amide bonds. The van der Waals surface area contributed by atoms with Gasteiger partial charge in [0.25, 0.3) is 0 Å². The Hall–Kier alpha value is -1.73. The summed E-state index contributed by atoms with van der Waals surface area (Å²) in [5.41, 5.74) is 0.933. The van der Waals surface area contributed by atoms with Crippen molar-refractivity contribution in [2.24, 2.45) is 0 Å². The number of hydrogen-bond acceptors (Lipinski definition) is 5. The van der Waals surface area contributed by atoms with E-state index in [0.29, 0.717) is 17.1 Å². The quantitative estimate of drug-likeness (QED) is 0.893. The Morgan fingerprint density at radius 2 is 2.05 bits per heavy atom. The van der Waals surface area contributed by atoms with Crippen LogP contribution in [-0.4, -0.2) is 31.2 Å². The Labute approximate surface area is 130 Å². The smallest absolute Gasteiger partial charge is 0.240 e. The van der Waals surface area contributed by atoms with Gasteiger partial charge in [-0.1, -0.05) is 15.9 Å². The van der Waals surface area contributed by atoms with Gasteiger partial charge in [0.15, 0.2) is 0 Å². The molecule has 5 nitrogen and oxygen atoms in total. The van der Waals surface area contributed by atoms with Crippen LogP contribution in [0.4, 0.5) is 4.39 Å². The van der Waals surface area contributed by atoms with Gasteiger partial charge >= 0.3 is 0 Å². The van der Waals surface area contributed by atoms with Gasteiger partial charge in [-0.2, -0.15) is 4.98 Å². The first-order valence-electron chi connectivity index (χ1n) is 6.17. The molecule has 1 atom stereocenters. The lowest BCUT2D eigenvalue weighted by Gasteiger charge is -2.19. The highest BCUT2D eigenvalue weighted by atomic mass is 79.9. The van der Waals surface area contributed by atoms with Crippen LogP contribution in [0.2, 0.25) is 0 Å². The molecule has 1 N–H and O–H groups in total. The van der Waals surface area contributed by atoms with E-state index in [1.165, 1.54) is 26.5 Å². The number of nitrogens with zero attached hydrogens (tertiary/aromatic N) is 2. The minimum absolute atomic E-state index is 0.285. The third kappa shape index (κ3) is 3.30. The monoisotopic (exact) mass is 355 g/mol.